The van der Waals surface area contributed by atoms with Crippen LogP contribution >= 0.6 is 11.6 Å². The number of methoxy groups -OCH3 is 1. The molecule has 1 aromatic rings. The van der Waals surface area contributed by atoms with Crippen molar-refractivity contribution in [2.75, 3.05) is 20.2 Å². The van der Waals surface area contributed by atoms with E-state index in [1.807, 2.05) is 0 Å². The minimum absolute atomic E-state index is 0.0198. The normalized spacial score (nSPS) is 19.0. The zero-order chi connectivity index (χ0) is 13.2. The largest absolute Gasteiger partial charge is 0.381 e. The van der Waals surface area contributed by atoms with Crippen LogP contribution in [0.4, 0.5) is 0 Å². The van der Waals surface area contributed by atoms with E-state index in [1.165, 1.54) is 16.6 Å². The predicted octanol–water partition coefficient (Wildman–Crippen LogP) is 1.53. The minimum Gasteiger partial charge on any atom is -0.381 e. The van der Waals surface area contributed by atoms with Crippen molar-refractivity contribution in [2.24, 2.45) is 0 Å². The number of pyridine rings is 1. The zero-order valence-electron chi connectivity index (χ0n) is 10.0. The molecule has 0 atom stereocenters. The third-order valence-corrected chi connectivity index (χ3v) is 5.42. The third-order valence-electron chi connectivity index (χ3n) is 3.08. The SMILES string of the molecule is COC1CCN(S(=O)(=O)c2cccnc2Cl)CC1. The summed E-state index contributed by atoms with van der Waals surface area (Å²) < 4.78 is 31.4. The van der Waals surface area contributed by atoms with Crippen molar-refractivity contribution in [3.63, 3.8) is 0 Å². The van der Waals surface area contributed by atoms with Gasteiger partial charge in [-0.2, -0.15) is 4.31 Å². The predicted molar refractivity (Wildman–Crippen MR) is 68.0 cm³/mol. The van der Waals surface area contributed by atoms with Crippen LogP contribution in [0.1, 0.15) is 12.8 Å². The fourth-order valence-electron chi connectivity index (χ4n) is 2.01. The number of piperidine rings is 1. The van der Waals surface area contributed by atoms with Gasteiger partial charge in [-0.1, -0.05) is 11.6 Å². The van der Waals surface area contributed by atoms with E-state index in [4.69, 9.17) is 16.3 Å². The number of ether oxygens (including phenoxy) is 1. The summed E-state index contributed by atoms with van der Waals surface area (Å²) in [5.74, 6) is 0. The van der Waals surface area contributed by atoms with Crippen molar-refractivity contribution < 1.29 is 13.2 Å². The first kappa shape index (κ1) is 13.7. The third kappa shape index (κ3) is 2.66. The molecule has 1 saturated heterocycles. The molecule has 0 aromatic carbocycles. The summed E-state index contributed by atoms with van der Waals surface area (Å²) in [4.78, 5) is 3.88. The Morgan fingerprint density at radius 2 is 2.11 bits per heavy atom. The monoisotopic (exact) mass is 290 g/mol. The topological polar surface area (TPSA) is 59.5 Å². The Balaban J connectivity index is 2.20. The summed E-state index contributed by atoms with van der Waals surface area (Å²) in [6, 6.07) is 3.05. The van der Waals surface area contributed by atoms with Gasteiger partial charge in [0.1, 0.15) is 10.0 Å². The van der Waals surface area contributed by atoms with Crippen molar-refractivity contribution in [2.45, 2.75) is 23.8 Å². The standard InChI is InChI=1S/C11H15ClN2O3S/c1-17-9-4-7-14(8-5-9)18(15,16)10-3-2-6-13-11(10)12/h2-3,6,9H,4-5,7-8H2,1H3. The Morgan fingerprint density at radius 3 is 2.67 bits per heavy atom. The van der Waals surface area contributed by atoms with Crippen LogP contribution in [0.25, 0.3) is 0 Å². The Bertz CT molecular complexity index is 513. The van der Waals surface area contributed by atoms with Gasteiger partial charge in [0.05, 0.1) is 6.10 Å². The molecule has 0 spiro atoms. The maximum absolute atomic E-state index is 12.4. The molecule has 0 N–H and O–H groups in total. The highest BCUT2D eigenvalue weighted by molar-refractivity contribution is 7.89. The zero-order valence-corrected chi connectivity index (χ0v) is 11.6. The van der Waals surface area contributed by atoms with Gasteiger partial charge in [-0.05, 0) is 25.0 Å². The number of aromatic nitrogens is 1. The molecule has 1 aromatic heterocycles. The first-order valence-electron chi connectivity index (χ1n) is 5.69. The fraction of sp³-hybridized carbons (Fsp3) is 0.545. The Morgan fingerprint density at radius 1 is 1.44 bits per heavy atom. The molecule has 0 radical (unpaired) electrons. The smallest absolute Gasteiger partial charge is 0.246 e. The molecule has 0 bridgehead atoms. The fourth-order valence-corrected chi connectivity index (χ4v) is 3.91. The van der Waals surface area contributed by atoms with Crippen LogP contribution in [-0.4, -0.2) is 44.0 Å². The maximum Gasteiger partial charge on any atom is 0.246 e. The van der Waals surface area contributed by atoms with Gasteiger partial charge in [0.15, 0.2) is 0 Å². The van der Waals surface area contributed by atoms with Crippen molar-refractivity contribution in [3.05, 3.63) is 23.5 Å². The molecule has 0 aliphatic carbocycles. The molecule has 18 heavy (non-hydrogen) atoms. The van der Waals surface area contributed by atoms with Gasteiger partial charge < -0.3 is 4.74 Å². The van der Waals surface area contributed by atoms with Gasteiger partial charge >= 0.3 is 0 Å². The van der Waals surface area contributed by atoms with E-state index in [2.05, 4.69) is 4.98 Å². The number of nitrogens with zero attached hydrogens (tertiary/aromatic N) is 2. The summed E-state index contributed by atoms with van der Waals surface area (Å²) in [7, 11) is -1.90. The van der Waals surface area contributed by atoms with Crippen LogP contribution in [0.5, 0.6) is 0 Å². The van der Waals surface area contributed by atoms with Gasteiger partial charge in [0.25, 0.3) is 0 Å². The highest BCUT2D eigenvalue weighted by atomic mass is 35.5. The lowest BCUT2D eigenvalue weighted by molar-refractivity contribution is 0.0604. The van der Waals surface area contributed by atoms with E-state index in [1.54, 1.807) is 13.2 Å². The van der Waals surface area contributed by atoms with Gasteiger partial charge in [0.2, 0.25) is 10.0 Å². The molecule has 0 amide bonds. The number of sulfonamides is 1. The second-order valence-corrected chi connectivity index (χ2v) is 6.40. The Labute approximate surface area is 112 Å². The lowest BCUT2D eigenvalue weighted by atomic mass is 10.1. The first-order chi connectivity index (χ1) is 8.55. The van der Waals surface area contributed by atoms with E-state index in [0.29, 0.717) is 25.9 Å². The van der Waals surface area contributed by atoms with Gasteiger partial charge in [-0.3, -0.25) is 0 Å². The number of hydrogen-bond acceptors (Lipinski definition) is 4. The molecule has 1 aliphatic heterocycles. The van der Waals surface area contributed by atoms with Crippen LogP contribution in [0.2, 0.25) is 5.15 Å². The van der Waals surface area contributed by atoms with Crippen molar-refractivity contribution in [1.82, 2.24) is 9.29 Å². The van der Waals surface area contributed by atoms with Gasteiger partial charge in [-0.15, -0.1) is 0 Å². The molecule has 5 nitrogen and oxygen atoms in total. The van der Waals surface area contributed by atoms with Gasteiger partial charge in [-0.25, -0.2) is 13.4 Å². The first-order valence-corrected chi connectivity index (χ1v) is 7.51. The quantitative estimate of drug-likeness (QED) is 0.792. The number of halogens is 1. The van der Waals surface area contributed by atoms with E-state index in [9.17, 15) is 8.42 Å². The number of hydrogen-bond donors (Lipinski definition) is 0. The van der Waals surface area contributed by atoms with Crippen molar-refractivity contribution in [3.8, 4) is 0 Å². The molecule has 100 valence electrons. The van der Waals surface area contributed by atoms with E-state index >= 15 is 0 Å². The Kier molecular flexibility index (Phi) is 4.21. The molecule has 7 heteroatoms. The van der Waals surface area contributed by atoms with E-state index in [-0.39, 0.29) is 16.2 Å². The molecular formula is C11H15ClN2O3S. The summed E-state index contributed by atoms with van der Waals surface area (Å²) >= 11 is 5.84. The molecule has 1 aliphatic rings. The lowest BCUT2D eigenvalue weighted by Crippen LogP contribution is -2.40. The summed E-state index contributed by atoms with van der Waals surface area (Å²) in [5, 5.41) is 0.0198. The Hall–Kier alpha value is -0.690. The minimum atomic E-state index is -3.54. The summed E-state index contributed by atoms with van der Waals surface area (Å²) in [6.45, 7) is 0.901. The molecule has 0 unspecified atom stereocenters. The second-order valence-electron chi connectivity index (χ2n) is 4.13. The molecular weight excluding hydrogens is 276 g/mol. The van der Waals surface area contributed by atoms with Crippen molar-refractivity contribution in [1.29, 1.82) is 0 Å². The highest BCUT2D eigenvalue weighted by Crippen LogP contribution is 2.25. The van der Waals surface area contributed by atoms with E-state index < -0.39 is 10.0 Å². The number of rotatable bonds is 3. The maximum atomic E-state index is 12.4. The van der Waals surface area contributed by atoms with Crippen molar-refractivity contribution >= 4 is 21.6 Å². The summed E-state index contributed by atoms with van der Waals surface area (Å²) in [5.41, 5.74) is 0. The van der Waals surface area contributed by atoms with Crippen LogP contribution in [0.3, 0.4) is 0 Å². The molecule has 2 rings (SSSR count). The van der Waals surface area contributed by atoms with E-state index in [0.717, 1.165) is 0 Å². The van der Waals surface area contributed by atoms with Crippen LogP contribution < -0.4 is 0 Å². The summed E-state index contributed by atoms with van der Waals surface area (Å²) in [6.07, 6.45) is 3.01. The second kappa shape index (κ2) is 5.52. The average Bonchev–Trinajstić information content (AvgIpc) is 2.39. The average molecular weight is 291 g/mol. The lowest BCUT2D eigenvalue weighted by Gasteiger charge is -2.30. The molecule has 1 fully saturated rings. The molecule has 2 heterocycles. The molecule has 0 saturated carbocycles. The highest BCUT2D eigenvalue weighted by Gasteiger charge is 2.30. The van der Waals surface area contributed by atoms with Crippen LogP contribution in [0.15, 0.2) is 23.2 Å². The van der Waals surface area contributed by atoms with Crippen LogP contribution in [-0.2, 0) is 14.8 Å². The van der Waals surface area contributed by atoms with Gasteiger partial charge in [0, 0.05) is 26.4 Å². The van der Waals surface area contributed by atoms with Crippen LogP contribution in [0, 0.1) is 0 Å².